The standard InChI is InChI=1S/C14H20N2O/c1-16(11-13-3-2-4-14(13)17)10-7-12-5-8-15-9-6-12/h5-6,8-9,13H,2-4,7,10-11H2,1H3. The van der Waals surface area contributed by atoms with E-state index in [1.165, 1.54) is 5.56 Å². The fraction of sp³-hybridized carbons (Fsp3) is 0.571. The second-order valence-electron chi connectivity index (χ2n) is 4.92. The lowest BCUT2D eigenvalue weighted by atomic mass is 10.1. The maximum atomic E-state index is 11.5. The molecule has 0 spiro atoms. The Morgan fingerprint density at radius 1 is 1.41 bits per heavy atom. The number of pyridine rings is 1. The molecule has 0 amide bonds. The number of ketones is 1. The number of aromatic nitrogens is 1. The largest absolute Gasteiger partial charge is 0.305 e. The van der Waals surface area contributed by atoms with Gasteiger partial charge in [-0.05, 0) is 44.0 Å². The van der Waals surface area contributed by atoms with E-state index in [4.69, 9.17) is 0 Å². The molecular weight excluding hydrogens is 212 g/mol. The number of Topliss-reactive ketones (excluding diaryl/α,β-unsaturated/α-hetero) is 1. The monoisotopic (exact) mass is 232 g/mol. The molecule has 0 saturated heterocycles. The van der Waals surface area contributed by atoms with E-state index in [0.29, 0.717) is 5.78 Å². The van der Waals surface area contributed by atoms with Crippen molar-refractivity contribution < 1.29 is 4.79 Å². The minimum Gasteiger partial charge on any atom is -0.305 e. The van der Waals surface area contributed by atoms with Gasteiger partial charge < -0.3 is 4.90 Å². The maximum absolute atomic E-state index is 11.5. The van der Waals surface area contributed by atoms with E-state index in [1.54, 1.807) is 0 Å². The van der Waals surface area contributed by atoms with Gasteiger partial charge in [-0.25, -0.2) is 0 Å². The van der Waals surface area contributed by atoms with Crippen LogP contribution in [0.2, 0.25) is 0 Å². The normalized spacial score (nSPS) is 20.1. The van der Waals surface area contributed by atoms with Crippen LogP contribution in [0.15, 0.2) is 24.5 Å². The highest BCUT2D eigenvalue weighted by Crippen LogP contribution is 2.21. The van der Waals surface area contributed by atoms with Crippen molar-refractivity contribution in [3.63, 3.8) is 0 Å². The quantitative estimate of drug-likeness (QED) is 0.777. The summed E-state index contributed by atoms with van der Waals surface area (Å²) in [4.78, 5) is 17.8. The average Bonchev–Trinajstić information content (AvgIpc) is 2.74. The Morgan fingerprint density at radius 2 is 2.18 bits per heavy atom. The highest BCUT2D eigenvalue weighted by molar-refractivity contribution is 5.83. The molecular formula is C14H20N2O. The number of rotatable bonds is 5. The number of hydrogen-bond donors (Lipinski definition) is 0. The van der Waals surface area contributed by atoms with E-state index < -0.39 is 0 Å². The topological polar surface area (TPSA) is 33.2 Å². The van der Waals surface area contributed by atoms with Crippen molar-refractivity contribution in [3.05, 3.63) is 30.1 Å². The number of likely N-dealkylation sites (N-methyl/N-ethyl adjacent to an activating group) is 1. The van der Waals surface area contributed by atoms with Crippen LogP contribution in [-0.4, -0.2) is 35.8 Å². The van der Waals surface area contributed by atoms with Crippen molar-refractivity contribution in [2.45, 2.75) is 25.7 Å². The summed E-state index contributed by atoms with van der Waals surface area (Å²) in [6.07, 6.45) is 7.65. The predicted octanol–water partition coefficient (Wildman–Crippen LogP) is 1.93. The van der Waals surface area contributed by atoms with Crippen LogP contribution in [0.5, 0.6) is 0 Å². The first-order valence-corrected chi connectivity index (χ1v) is 6.36. The summed E-state index contributed by atoms with van der Waals surface area (Å²) in [6.45, 7) is 1.93. The zero-order valence-electron chi connectivity index (χ0n) is 10.4. The second kappa shape index (κ2) is 5.92. The molecule has 1 atom stereocenters. The Kier molecular flexibility index (Phi) is 4.26. The van der Waals surface area contributed by atoms with E-state index in [1.807, 2.05) is 12.4 Å². The first kappa shape index (κ1) is 12.2. The van der Waals surface area contributed by atoms with Crippen molar-refractivity contribution in [3.8, 4) is 0 Å². The lowest BCUT2D eigenvalue weighted by molar-refractivity contribution is -0.121. The molecule has 1 aromatic rings. The summed E-state index contributed by atoms with van der Waals surface area (Å²) in [7, 11) is 2.10. The third kappa shape index (κ3) is 3.63. The minimum absolute atomic E-state index is 0.289. The molecule has 0 radical (unpaired) electrons. The Hall–Kier alpha value is -1.22. The summed E-state index contributed by atoms with van der Waals surface area (Å²) >= 11 is 0. The Labute approximate surface area is 103 Å². The van der Waals surface area contributed by atoms with Crippen molar-refractivity contribution in [2.24, 2.45) is 5.92 Å². The van der Waals surface area contributed by atoms with Crippen LogP contribution >= 0.6 is 0 Å². The molecule has 1 aliphatic rings. The van der Waals surface area contributed by atoms with Gasteiger partial charge in [-0.2, -0.15) is 0 Å². The summed E-state index contributed by atoms with van der Waals surface area (Å²) in [6, 6.07) is 4.10. The summed E-state index contributed by atoms with van der Waals surface area (Å²) in [5, 5.41) is 0. The number of carbonyl (C=O) groups excluding carboxylic acids is 1. The van der Waals surface area contributed by atoms with Crippen LogP contribution in [0.4, 0.5) is 0 Å². The van der Waals surface area contributed by atoms with Crippen LogP contribution in [-0.2, 0) is 11.2 Å². The van der Waals surface area contributed by atoms with E-state index in [0.717, 1.165) is 38.8 Å². The first-order valence-electron chi connectivity index (χ1n) is 6.36. The van der Waals surface area contributed by atoms with Gasteiger partial charge >= 0.3 is 0 Å². The van der Waals surface area contributed by atoms with E-state index in [-0.39, 0.29) is 5.92 Å². The molecule has 1 aromatic heterocycles. The van der Waals surface area contributed by atoms with Crippen molar-refractivity contribution in [1.29, 1.82) is 0 Å². The SMILES string of the molecule is CN(CCc1ccncc1)CC1CCCC1=O. The van der Waals surface area contributed by atoms with Gasteiger partial charge in [0.1, 0.15) is 5.78 Å². The molecule has 0 aromatic carbocycles. The Morgan fingerprint density at radius 3 is 2.82 bits per heavy atom. The van der Waals surface area contributed by atoms with Gasteiger partial charge in [0.2, 0.25) is 0 Å². The van der Waals surface area contributed by atoms with Crippen molar-refractivity contribution >= 4 is 5.78 Å². The van der Waals surface area contributed by atoms with Gasteiger partial charge in [-0.1, -0.05) is 0 Å². The van der Waals surface area contributed by atoms with Gasteiger partial charge in [0, 0.05) is 37.8 Å². The summed E-state index contributed by atoms with van der Waals surface area (Å²) < 4.78 is 0. The fourth-order valence-corrected chi connectivity index (χ4v) is 2.42. The molecule has 1 unspecified atom stereocenters. The molecule has 2 rings (SSSR count). The van der Waals surface area contributed by atoms with Crippen molar-refractivity contribution in [1.82, 2.24) is 9.88 Å². The van der Waals surface area contributed by atoms with Crippen LogP contribution < -0.4 is 0 Å². The molecule has 1 saturated carbocycles. The first-order chi connectivity index (χ1) is 8.25. The molecule has 1 heterocycles. The molecule has 0 N–H and O–H groups in total. The molecule has 1 fully saturated rings. The third-order valence-electron chi connectivity index (χ3n) is 3.49. The Bertz CT molecular complexity index is 364. The van der Waals surface area contributed by atoms with Crippen molar-refractivity contribution in [2.75, 3.05) is 20.1 Å². The second-order valence-corrected chi connectivity index (χ2v) is 4.92. The van der Waals surface area contributed by atoms with Gasteiger partial charge in [0.15, 0.2) is 0 Å². The van der Waals surface area contributed by atoms with Gasteiger partial charge in [-0.3, -0.25) is 9.78 Å². The zero-order chi connectivity index (χ0) is 12.1. The molecule has 1 aliphatic carbocycles. The third-order valence-corrected chi connectivity index (χ3v) is 3.49. The molecule has 92 valence electrons. The highest BCUT2D eigenvalue weighted by atomic mass is 16.1. The average molecular weight is 232 g/mol. The number of nitrogens with zero attached hydrogens (tertiary/aromatic N) is 2. The lowest BCUT2D eigenvalue weighted by Gasteiger charge is -2.19. The highest BCUT2D eigenvalue weighted by Gasteiger charge is 2.25. The predicted molar refractivity (Wildman–Crippen MR) is 67.8 cm³/mol. The number of hydrogen-bond acceptors (Lipinski definition) is 3. The van der Waals surface area contributed by atoms with E-state index >= 15 is 0 Å². The smallest absolute Gasteiger partial charge is 0.137 e. The van der Waals surface area contributed by atoms with Gasteiger partial charge in [0.25, 0.3) is 0 Å². The maximum Gasteiger partial charge on any atom is 0.137 e. The van der Waals surface area contributed by atoms with E-state index in [9.17, 15) is 4.79 Å². The number of carbonyl (C=O) groups is 1. The van der Waals surface area contributed by atoms with Gasteiger partial charge in [0.05, 0.1) is 0 Å². The fourth-order valence-electron chi connectivity index (χ4n) is 2.42. The van der Waals surface area contributed by atoms with Crippen LogP contribution in [0, 0.1) is 5.92 Å². The Balaban J connectivity index is 1.74. The van der Waals surface area contributed by atoms with Gasteiger partial charge in [-0.15, -0.1) is 0 Å². The van der Waals surface area contributed by atoms with E-state index in [2.05, 4.69) is 29.1 Å². The van der Waals surface area contributed by atoms with Crippen LogP contribution in [0.3, 0.4) is 0 Å². The molecule has 0 bridgehead atoms. The minimum atomic E-state index is 0.289. The zero-order valence-corrected chi connectivity index (χ0v) is 10.4. The lowest BCUT2D eigenvalue weighted by Crippen LogP contribution is -2.29. The van der Waals surface area contributed by atoms with Crippen LogP contribution in [0.25, 0.3) is 0 Å². The summed E-state index contributed by atoms with van der Waals surface area (Å²) in [5.41, 5.74) is 1.31. The molecule has 0 aliphatic heterocycles. The summed E-state index contributed by atoms with van der Waals surface area (Å²) in [5.74, 6) is 0.748. The van der Waals surface area contributed by atoms with Crippen LogP contribution in [0.1, 0.15) is 24.8 Å². The molecule has 17 heavy (non-hydrogen) atoms. The molecule has 3 heteroatoms. The molecule has 3 nitrogen and oxygen atoms in total.